The Kier molecular flexibility index (Phi) is 3.25. The maximum Gasteiger partial charge on any atom is 0.337 e. The molecule has 0 fully saturated rings. The van der Waals surface area contributed by atoms with Crippen molar-refractivity contribution in [2.75, 3.05) is 6.61 Å². The van der Waals surface area contributed by atoms with Crippen LogP contribution in [0, 0.1) is 0 Å². The molecular weight excluding hydrogens is 184 g/mol. The number of aliphatic hydroxyl groups excluding tert-OH is 2. The molecule has 0 spiro atoms. The predicted molar refractivity (Wildman–Crippen MR) is 50.7 cm³/mol. The molecule has 4 heteroatoms. The van der Waals surface area contributed by atoms with Gasteiger partial charge in [0.1, 0.15) is 11.3 Å². The second kappa shape index (κ2) is 4.43. The summed E-state index contributed by atoms with van der Waals surface area (Å²) >= 11 is 0. The van der Waals surface area contributed by atoms with Crippen molar-refractivity contribution in [3.8, 4) is 0 Å². The molecule has 0 radical (unpaired) electrons. The highest BCUT2D eigenvalue weighted by Crippen LogP contribution is 2.15. The van der Waals surface area contributed by atoms with Gasteiger partial charge < -0.3 is 15.3 Å². The van der Waals surface area contributed by atoms with Crippen molar-refractivity contribution < 1.29 is 20.1 Å². The first-order valence-corrected chi connectivity index (χ1v) is 3.98. The summed E-state index contributed by atoms with van der Waals surface area (Å²) in [5.41, 5.74) is -0.0323. The first kappa shape index (κ1) is 10.3. The lowest BCUT2D eigenvalue weighted by atomic mass is 10.1. The molecule has 0 saturated carbocycles. The van der Waals surface area contributed by atoms with Gasteiger partial charge in [0.15, 0.2) is 0 Å². The summed E-state index contributed by atoms with van der Waals surface area (Å²) in [5, 5.41) is 26.8. The van der Waals surface area contributed by atoms with Crippen LogP contribution in [0.3, 0.4) is 0 Å². The van der Waals surface area contributed by atoms with Crippen LogP contribution in [0.15, 0.2) is 35.9 Å². The van der Waals surface area contributed by atoms with Crippen molar-refractivity contribution in [1.82, 2.24) is 0 Å². The summed E-state index contributed by atoms with van der Waals surface area (Å²) in [5.74, 6) is -1.73. The lowest BCUT2D eigenvalue weighted by Crippen LogP contribution is -2.08. The Morgan fingerprint density at radius 3 is 2.14 bits per heavy atom. The summed E-state index contributed by atoms with van der Waals surface area (Å²) in [6.07, 6.45) is 0. The minimum absolute atomic E-state index is 0.374. The highest BCUT2D eigenvalue weighted by Gasteiger charge is 2.13. The van der Waals surface area contributed by atoms with Crippen LogP contribution in [0.5, 0.6) is 0 Å². The molecule has 1 aromatic carbocycles. The van der Waals surface area contributed by atoms with Crippen molar-refractivity contribution in [3.63, 3.8) is 0 Å². The molecule has 0 atom stereocenters. The van der Waals surface area contributed by atoms with Crippen molar-refractivity contribution >= 4 is 11.7 Å². The number of hydrogen-bond acceptors (Lipinski definition) is 3. The lowest BCUT2D eigenvalue weighted by Gasteiger charge is -2.03. The second-order valence-corrected chi connectivity index (χ2v) is 2.66. The zero-order valence-corrected chi connectivity index (χ0v) is 7.34. The molecule has 14 heavy (non-hydrogen) atoms. The molecule has 1 aromatic rings. The smallest absolute Gasteiger partial charge is 0.337 e. The van der Waals surface area contributed by atoms with Crippen molar-refractivity contribution in [2.45, 2.75) is 0 Å². The SMILES string of the molecule is O=C(O)C(CO)=C(O)c1ccccc1. The minimum atomic E-state index is -1.33. The van der Waals surface area contributed by atoms with Crippen LogP contribution in [0.1, 0.15) is 5.56 Å². The van der Waals surface area contributed by atoms with Gasteiger partial charge in [0.05, 0.1) is 6.61 Å². The molecule has 0 bridgehead atoms. The van der Waals surface area contributed by atoms with Crippen molar-refractivity contribution in [2.24, 2.45) is 0 Å². The summed E-state index contributed by atoms with van der Waals surface area (Å²) in [7, 11) is 0. The maximum absolute atomic E-state index is 10.6. The predicted octanol–water partition coefficient (Wildman–Crippen LogP) is 1.03. The first-order valence-electron chi connectivity index (χ1n) is 3.98. The number of carboxylic acids is 1. The van der Waals surface area contributed by atoms with E-state index in [9.17, 15) is 9.90 Å². The molecule has 0 aliphatic heterocycles. The molecule has 3 N–H and O–H groups in total. The van der Waals surface area contributed by atoms with E-state index in [0.717, 1.165) is 0 Å². The fraction of sp³-hybridized carbons (Fsp3) is 0.100. The minimum Gasteiger partial charge on any atom is -0.507 e. The fourth-order valence-electron chi connectivity index (χ4n) is 1.01. The number of rotatable bonds is 3. The van der Waals surface area contributed by atoms with Crippen molar-refractivity contribution in [3.05, 3.63) is 41.5 Å². The van der Waals surface area contributed by atoms with Gasteiger partial charge in [0.2, 0.25) is 0 Å². The van der Waals surface area contributed by atoms with E-state index >= 15 is 0 Å². The second-order valence-electron chi connectivity index (χ2n) is 2.66. The van der Waals surface area contributed by atoms with Gasteiger partial charge in [-0.15, -0.1) is 0 Å². The highest BCUT2D eigenvalue weighted by molar-refractivity contribution is 5.94. The molecule has 0 unspecified atom stereocenters. The number of aliphatic hydroxyl groups is 2. The summed E-state index contributed by atoms with van der Waals surface area (Å²) in [4.78, 5) is 10.6. The number of hydrogen-bond donors (Lipinski definition) is 3. The van der Waals surface area contributed by atoms with Gasteiger partial charge in [-0.25, -0.2) is 4.79 Å². The highest BCUT2D eigenvalue weighted by atomic mass is 16.4. The van der Waals surface area contributed by atoms with Gasteiger partial charge in [-0.05, 0) is 0 Å². The molecule has 4 nitrogen and oxygen atoms in total. The molecule has 1 rings (SSSR count). The zero-order chi connectivity index (χ0) is 10.6. The normalized spacial score (nSPS) is 12.1. The number of benzene rings is 1. The van der Waals surface area contributed by atoms with Crippen molar-refractivity contribution in [1.29, 1.82) is 0 Å². The summed E-state index contributed by atoms with van der Waals surface area (Å²) in [6, 6.07) is 8.21. The van der Waals surface area contributed by atoms with Crippen LogP contribution in [0.4, 0.5) is 0 Å². The van der Waals surface area contributed by atoms with Crippen LogP contribution >= 0.6 is 0 Å². The molecule has 0 aromatic heterocycles. The fourth-order valence-corrected chi connectivity index (χ4v) is 1.01. The Labute approximate surface area is 80.7 Å². The van der Waals surface area contributed by atoms with E-state index < -0.39 is 23.9 Å². The standard InChI is InChI=1S/C10H10O4/c11-6-8(10(13)14)9(12)7-4-2-1-3-5-7/h1-5,11-12H,6H2,(H,13,14). The monoisotopic (exact) mass is 194 g/mol. The molecule has 74 valence electrons. The first-order chi connectivity index (χ1) is 6.66. The average Bonchev–Trinajstić information content (AvgIpc) is 2.19. The Bertz CT molecular complexity index is 354. The Balaban J connectivity index is 3.15. The van der Waals surface area contributed by atoms with E-state index in [4.69, 9.17) is 10.2 Å². The van der Waals surface area contributed by atoms with E-state index in [2.05, 4.69) is 0 Å². The molecule has 0 amide bonds. The van der Waals surface area contributed by atoms with E-state index in [-0.39, 0.29) is 0 Å². The van der Waals surface area contributed by atoms with E-state index in [1.165, 1.54) is 0 Å². The lowest BCUT2D eigenvalue weighted by molar-refractivity contribution is -0.133. The van der Waals surface area contributed by atoms with Crippen LogP contribution in [-0.4, -0.2) is 27.9 Å². The van der Waals surface area contributed by atoms with E-state index in [1.807, 2.05) is 0 Å². The van der Waals surface area contributed by atoms with Gasteiger partial charge in [-0.3, -0.25) is 0 Å². The van der Waals surface area contributed by atoms with Crippen LogP contribution in [-0.2, 0) is 4.79 Å². The van der Waals surface area contributed by atoms with Gasteiger partial charge in [-0.1, -0.05) is 30.3 Å². The number of aliphatic carboxylic acids is 1. The van der Waals surface area contributed by atoms with E-state index in [1.54, 1.807) is 30.3 Å². The summed E-state index contributed by atoms with van der Waals surface area (Å²) < 4.78 is 0. The molecular formula is C10H10O4. The Morgan fingerprint density at radius 1 is 1.14 bits per heavy atom. The van der Waals surface area contributed by atoms with Gasteiger partial charge >= 0.3 is 5.97 Å². The number of carboxylic acid groups (broad SMARTS) is 1. The Morgan fingerprint density at radius 2 is 1.71 bits per heavy atom. The van der Waals surface area contributed by atoms with Gasteiger partial charge in [0, 0.05) is 5.56 Å². The molecule has 0 heterocycles. The molecule has 0 saturated heterocycles. The average molecular weight is 194 g/mol. The van der Waals surface area contributed by atoms with E-state index in [0.29, 0.717) is 5.56 Å². The summed E-state index contributed by atoms with van der Waals surface area (Å²) in [6.45, 7) is -0.698. The molecule has 0 aliphatic rings. The number of carbonyl (C=O) groups is 1. The topological polar surface area (TPSA) is 77.8 Å². The Hall–Kier alpha value is -1.81. The quantitative estimate of drug-likeness (QED) is 0.496. The largest absolute Gasteiger partial charge is 0.507 e. The maximum atomic E-state index is 10.6. The van der Waals surface area contributed by atoms with Crippen LogP contribution in [0.25, 0.3) is 5.76 Å². The third kappa shape index (κ3) is 2.11. The molecule has 0 aliphatic carbocycles. The third-order valence-electron chi connectivity index (χ3n) is 1.75. The van der Waals surface area contributed by atoms with Gasteiger partial charge in [-0.2, -0.15) is 0 Å². The third-order valence-corrected chi connectivity index (χ3v) is 1.75. The van der Waals surface area contributed by atoms with Crippen LogP contribution in [0.2, 0.25) is 0 Å². The van der Waals surface area contributed by atoms with Gasteiger partial charge in [0.25, 0.3) is 0 Å². The van der Waals surface area contributed by atoms with Crippen LogP contribution < -0.4 is 0 Å². The zero-order valence-electron chi connectivity index (χ0n) is 7.34.